The second-order valence-electron chi connectivity index (χ2n) is 6.04. The van der Waals surface area contributed by atoms with Crippen molar-refractivity contribution in [1.29, 1.82) is 0 Å². The van der Waals surface area contributed by atoms with Gasteiger partial charge in [-0.2, -0.15) is 0 Å². The molecule has 0 spiro atoms. The number of urea groups is 1. The number of hydrogen-bond acceptors (Lipinski definition) is 3. The number of aromatic nitrogens is 2. The molecule has 0 radical (unpaired) electrons. The van der Waals surface area contributed by atoms with Crippen molar-refractivity contribution in [2.45, 2.75) is 51.2 Å². The number of nitrogens with zero attached hydrogens (tertiary/aromatic N) is 1. The number of anilines is 1. The van der Waals surface area contributed by atoms with Crippen molar-refractivity contribution in [2.75, 3.05) is 11.9 Å². The third-order valence-corrected chi connectivity index (χ3v) is 4.25. The summed E-state index contributed by atoms with van der Waals surface area (Å²) in [6, 6.07) is 3.84. The minimum Gasteiger partial charge on any atom is -0.378 e. The molecule has 0 saturated heterocycles. The van der Waals surface area contributed by atoms with Crippen LogP contribution in [-0.4, -0.2) is 34.8 Å². The Bertz CT molecular complexity index is 647. The van der Waals surface area contributed by atoms with Crippen molar-refractivity contribution >= 4 is 22.8 Å². The Kier molecular flexibility index (Phi) is 5.12. The molecule has 1 aliphatic rings. The molecule has 6 heteroatoms. The first-order valence-corrected chi connectivity index (χ1v) is 8.37. The topological polar surface area (TPSA) is 79.0 Å². The summed E-state index contributed by atoms with van der Waals surface area (Å²) in [6.45, 7) is 2.95. The minimum atomic E-state index is -0.172. The number of fused-ring (bicyclic) bond motifs is 1. The largest absolute Gasteiger partial charge is 0.378 e. The van der Waals surface area contributed by atoms with Crippen LogP contribution < -0.4 is 10.6 Å². The zero-order chi connectivity index (χ0) is 16.1. The van der Waals surface area contributed by atoms with E-state index in [4.69, 9.17) is 4.74 Å². The summed E-state index contributed by atoms with van der Waals surface area (Å²) < 4.78 is 5.78. The summed E-state index contributed by atoms with van der Waals surface area (Å²) in [4.78, 5) is 19.6. The molecule has 0 atom stereocenters. The van der Waals surface area contributed by atoms with Gasteiger partial charge in [0.2, 0.25) is 0 Å². The van der Waals surface area contributed by atoms with Gasteiger partial charge in [0.1, 0.15) is 5.52 Å². The summed E-state index contributed by atoms with van der Waals surface area (Å²) in [7, 11) is 0. The number of amides is 2. The first-order chi connectivity index (χ1) is 11.3. The molecule has 2 amide bonds. The number of hydrogen-bond donors (Lipinski definition) is 3. The van der Waals surface area contributed by atoms with Crippen molar-refractivity contribution in [1.82, 2.24) is 15.3 Å². The van der Waals surface area contributed by atoms with Crippen molar-refractivity contribution in [3.63, 3.8) is 0 Å². The van der Waals surface area contributed by atoms with Gasteiger partial charge in [0.05, 0.1) is 17.3 Å². The molecule has 6 nitrogen and oxygen atoms in total. The van der Waals surface area contributed by atoms with E-state index in [1.807, 2.05) is 12.1 Å². The van der Waals surface area contributed by atoms with Crippen LogP contribution in [0, 0.1) is 0 Å². The predicted octanol–water partition coefficient (Wildman–Crippen LogP) is 3.42. The summed E-state index contributed by atoms with van der Waals surface area (Å²) in [5, 5.41) is 5.93. The van der Waals surface area contributed by atoms with Crippen LogP contribution in [0.1, 0.15) is 39.0 Å². The van der Waals surface area contributed by atoms with Gasteiger partial charge in [0.15, 0.2) is 0 Å². The van der Waals surface area contributed by atoms with E-state index in [1.54, 1.807) is 12.4 Å². The lowest BCUT2D eigenvalue weighted by molar-refractivity contribution is 0.0238. The van der Waals surface area contributed by atoms with Gasteiger partial charge in [0, 0.05) is 25.0 Å². The van der Waals surface area contributed by atoms with Crippen LogP contribution in [0.25, 0.3) is 11.0 Å². The molecule has 2 heterocycles. The van der Waals surface area contributed by atoms with Gasteiger partial charge >= 0.3 is 6.03 Å². The SMILES string of the molecule is CCCO[C@H]1CC[C@H](NC(=O)Nc2c[nH]c3cccnc23)CC1. The highest BCUT2D eigenvalue weighted by molar-refractivity contribution is 5.99. The average molecular weight is 316 g/mol. The second kappa shape index (κ2) is 7.46. The van der Waals surface area contributed by atoms with E-state index in [2.05, 4.69) is 27.5 Å². The first-order valence-electron chi connectivity index (χ1n) is 8.37. The normalized spacial score (nSPS) is 21.3. The fraction of sp³-hybridized carbons (Fsp3) is 0.529. The zero-order valence-corrected chi connectivity index (χ0v) is 13.5. The lowest BCUT2D eigenvalue weighted by atomic mass is 9.93. The van der Waals surface area contributed by atoms with Crippen molar-refractivity contribution in [2.24, 2.45) is 0 Å². The molecule has 124 valence electrons. The third-order valence-electron chi connectivity index (χ3n) is 4.25. The highest BCUT2D eigenvalue weighted by Crippen LogP contribution is 2.22. The number of carbonyl (C=O) groups is 1. The molecule has 1 saturated carbocycles. The molecule has 2 aromatic heterocycles. The fourth-order valence-corrected chi connectivity index (χ4v) is 3.05. The van der Waals surface area contributed by atoms with Gasteiger partial charge in [-0.1, -0.05) is 6.92 Å². The van der Waals surface area contributed by atoms with Crippen molar-refractivity contribution in [3.05, 3.63) is 24.5 Å². The average Bonchev–Trinajstić information content (AvgIpc) is 2.97. The Labute approximate surface area is 136 Å². The number of nitrogens with one attached hydrogen (secondary N) is 3. The second-order valence-corrected chi connectivity index (χ2v) is 6.04. The first kappa shape index (κ1) is 15.8. The Morgan fingerprint density at radius 2 is 2.22 bits per heavy atom. The molecular weight excluding hydrogens is 292 g/mol. The van der Waals surface area contributed by atoms with Crippen LogP contribution in [0.5, 0.6) is 0 Å². The number of rotatable bonds is 5. The van der Waals surface area contributed by atoms with Crippen LogP contribution in [0.15, 0.2) is 24.5 Å². The van der Waals surface area contributed by atoms with E-state index < -0.39 is 0 Å². The monoisotopic (exact) mass is 316 g/mol. The van der Waals surface area contributed by atoms with Gasteiger partial charge in [-0.15, -0.1) is 0 Å². The van der Waals surface area contributed by atoms with E-state index in [-0.39, 0.29) is 12.1 Å². The van der Waals surface area contributed by atoms with Gasteiger partial charge in [-0.3, -0.25) is 4.98 Å². The van der Waals surface area contributed by atoms with E-state index >= 15 is 0 Å². The van der Waals surface area contributed by atoms with E-state index in [1.165, 1.54) is 0 Å². The van der Waals surface area contributed by atoms with Gasteiger partial charge in [-0.05, 0) is 44.2 Å². The molecule has 1 aliphatic carbocycles. The summed E-state index contributed by atoms with van der Waals surface area (Å²) in [6.07, 6.45) is 8.86. The molecule has 0 bridgehead atoms. The summed E-state index contributed by atoms with van der Waals surface area (Å²) in [5.41, 5.74) is 2.40. The number of aromatic amines is 1. The van der Waals surface area contributed by atoms with E-state index in [0.29, 0.717) is 11.8 Å². The molecule has 0 unspecified atom stereocenters. The summed E-state index contributed by atoms with van der Waals surface area (Å²) >= 11 is 0. The van der Waals surface area contributed by atoms with Crippen LogP contribution >= 0.6 is 0 Å². The van der Waals surface area contributed by atoms with Gasteiger partial charge in [-0.25, -0.2) is 4.79 Å². The number of carbonyl (C=O) groups excluding carboxylic acids is 1. The Morgan fingerprint density at radius 3 is 3.00 bits per heavy atom. The third kappa shape index (κ3) is 4.01. The lowest BCUT2D eigenvalue weighted by Gasteiger charge is -2.29. The van der Waals surface area contributed by atoms with E-state index in [0.717, 1.165) is 49.7 Å². The lowest BCUT2D eigenvalue weighted by Crippen LogP contribution is -2.41. The van der Waals surface area contributed by atoms with E-state index in [9.17, 15) is 4.79 Å². The predicted molar refractivity (Wildman–Crippen MR) is 90.5 cm³/mol. The standard InChI is InChI=1S/C17H24N4O2/c1-2-10-23-13-7-5-12(6-8-13)20-17(22)21-15-11-19-14-4-3-9-18-16(14)15/h3-4,9,11-13,19H,2,5-8,10H2,1H3,(H2,20,21,22)/t12-,13-. The van der Waals surface area contributed by atoms with Crippen LogP contribution in [0.4, 0.5) is 10.5 Å². The summed E-state index contributed by atoms with van der Waals surface area (Å²) in [5.74, 6) is 0. The molecule has 23 heavy (non-hydrogen) atoms. The Morgan fingerprint density at radius 1 is 1.39 bits per heavy atom. The molecule has 0 aromatic carbocycles. The molecule has 3 N–H and O–H groups in total. The zero-order valence-electron chi connectivity index (χ0n) is 13.5. The maximum absolute atomic E-state index is 12.2. The minimum absolute atomic E-state index is 0.172. The Balaban J connectivity index is 1.49. The van der Waals surface area contributed by atoms with Crippen molar-refractivity contribution in [3.8, 4) is 0 Å². The molecular formula is C17H24N4O2. The van der Waals surface area contributed by atoms with Crippen LogP contribution in [0.2, 0.25) is 0 Å². The van der Waals surface area contributed by atoms with Crippen molar-refractivity contribution < 1.29 is 9.53 Å². The Hall–Kier alpha value is -2.08. The maximum atomic E-state index is 12.2. The molecule has 1 fully saturated rings. The maximum Gasteiger partial charge on any atom is 0.319 e. The molecule has 0 aliphatic heterocycles. The molecule has 3 rings (SSSR count). The number of ether oxygens (including phenoxy) is 1. The fourth-order valence-electron chi connectivity index (χ4n) is 3.05. The van der Waals surface area contributed by atoms with Crippen LogP contribution in [0.3, 0.4) is 0 Å². The highest BCUT2D eigenvalue weighted by atomic mass is 16.5. The van der Waals surface area contributed by atoms with Gasteiger partial charge in [0.25, 0.3) is 0 Å². The smallest absolute Gasteiger partial charge is 0.319 e. The molecule has 2 aromatic rings. The van der Waals surface area contributed by atoms with Gasteiger partial charge < -0.3 is 20.4 Å². The number of H-pyrrole nitrogens is 1. The quantitative estimate of drug-likeness (QED) is 0.791. The highest BCUT2D eigenvalue weighted by Gasteiger charge is 2.23. The number of pyridine rings is 1. The van der Waals surface area contributed by atoms with Crippen LogP contribution in [-0.2, 0) is 4.74 Å².